The van der Waals surface area contributed by atoms with Gasteiger partial charge in [-0.05, 0) is 37.3 Å². The maximum absolute atomic E-state index is 12.7. The first-order valence-corrected chi connectivity index (χ1v) is 11.1. The van der Waals surface area contributed by atoms with Crippen LogP contribution < -0.4 is 24.8 Å². The van der Waals surface area contributed by atoms with Crippen LogP contribution in [0, 0.1) is 0 Å². The van der Waals surface area contributed by atoms with Crippen LogP contribution in [-0.4, -0.2) is 53.3 Å². The Hall–Kier alpha value is -3.47. The van der Waals surface area contributed by atoms with Crippen molar-refractivity contribution in [1.82, 2.24) is 10.6 Å². The highest BCUT2D eigenvalue weighted by Gasteiger charge is 2.20. The second kappa shape index (κ2) is 10.0. The van der Waals surface area contributed by atoms with Crippen LogP contribution in [0.5, 0.6) is 11.5 Å². The number of fused-ring (bicyclic) bond motifs is 1. The Kier molecular flexibility index (Phi) is 7.19. The van der Waals surface area contributed by atoms with Crippen LogP contribution in [0.1, 0.15) is 17.3 Å². The molecule has 0 radical (unpaired) electrons. The molecule has 0 atom stereocenters. The molecule has 31 heavy (non-hydrogen) atoms. The van der Waals surface area contributed by atoms with Gasteiger partial charge in [0.1, 0.15) is 13.2 Å². The minimum atomic E-state index is -3.90. The van der Waals surface area contributed by atoms with Gasteiger partial charge < -0.3 is 24.8 Å². The van der Waals surface area contributed by atoms with Crippen molar-refractivity contribution < 1.29 is 32.2 Å². The third-order valence-electron chi connectivity index (χ3n) is 4.16. The highest BCUT2D eigenvalue weighted by molar-refractivity contribution is 7.92. The summed E-state index contributed by atoms with van der Waals surface area (Å²) >= 11 is 0. The third-order valence-corrected chi connectivity index (χ3v) is 5.54. The summed E-state index contributed by atoms with van der Waals surface area (Å²) < 4.78 is 43.5. The SMILES string of the molecule is CCOC(=O)NCCNC(=O)c1cccc(NS(=O)(=O)c2ccc3c(c2)OCCO3)c1. The van der Waals surface area contributed by atoms with E-state index in [0.717, 1.165) is 0 Å². The lowest BCUT2D eigenvalue weighted by Crippen LogP contribution is -2.35. The fraction of sp³-hybridized carbons (Fsp3) is 0.300. The molecule has 1 aliphatic heterocycles. The first-order valence-electron chi connectivity index (χ1n) is 9.60. The van der Waals surface area contributed by atoms with E-state index in [2.05, 4.69) is 15.4 Å². The number of anilines is 1. The average Bonchev–Trinajstić information content (AvgIpc) is 2.76. The van der Waals surface area contributed by atoms with Crippen molar-refractivity contribution in [3.8, 4) is 11.5 Å². The smallest absolute Gasteiger partial charge is 0.407 e. The number of carbonyl (C=O) groups is 2. The lowest BCUT2D eigenvalue weighted by Gasteiger charge is -2.19. The topological polar surface area (TPSA) is 132 Å². The quantitative estimate of drug-likeness (QED) is 0.523. The molecule has 0 bridgehead atoms. The zero-order valence-electron chi connectivity index (χ0n) is 16.8. The minimum Gasteiger partial charge on any atom is -0.486 e. The standard InChI is InChI=1S/C20H23N3O7S/c1-2-28-20(25)22-9-8-21-19(24)14-4-3-5-15(12-14)23-31(26,27)16-6-7-17-18(13-16)30-11-10-29-17/h3-7,12-13,23H,2,8-11H2,1H3,(H,21,24)(H,22,25). The molecule has 3 N–H and O–H groups in total. The molecule has 1 heterocycles. The van der Waals surface area contributed by atoms with Gasteiger partial charge in [-0.3, -0.25) is 9.52 Å². The number of nitrogens with one attached hydrogen (secondary N) is 3. The molecule has 3 rings (SSSR count). The molecule has 0 spiro atoms. The second-order valence-electron chi connectivity index (χ2n) is 6.39. The van der Waals surface area contributed by atoms with Gasteiger partial charge >= 0.3 is 6.09 Å². The van der Waals surface area contributed by atoms with Crippen LogP contribution in [0.25, 0.3) is 0 Å². The summed E-state index contributed by atoms with van der Waals surface area (Å²) in [6, 6.07) is 10.4. The highest BCUT2D eigenvalue weighted by Crippen LogP contribution is 2.32. The highest BCUT2D eigenvalue weighted by atomic mass is 32.2. The summed E-state index contributed by atoms with van der Waals surface area (Å²) in [7, 11) is -3.90. The molecule has 0 aromatic heterocycles. The van der Waals surface area contributed by atoms with Crippen molar-refractivity contribution in [1.29, 1.82) is 0 Å². The molecular weight excluding hydrogens is 426 g/mol. The zero-order valence-corrected chi connectivity index (χ0v) is 17.7. The van der Waals surface area contributed by atoms with E-state index in [1.807, 2.05) is 0 Å². The first kappa shape index (κ1) is 22.2. The van der Waals surface area contributed by atoms with Crippen LogP contribution in [-0.2, 0) is 14.8 Å². The van der Waals surface area contributed by atoms with Crippen LogP contribution >= 0.6 is 0 Å². The lowest BCUT2D eigenvalue weighted by atomic mass is 10.2. The Bertz CT molecular complexity index is 1060. The van der Waals surface area contributed by atoms with E-state index in [9.17, 15) is 18.0 Å². The largest absolute Gasteiger partial charge is 0.486 e. The predicted molar refractivity (Wildman–Crippen MR) is 112 cm³/mol. The summed E-state index contributed by atoms with van der Waals surface area (Å²) in [4.78, 5) is 23.5. The maximum atomic E-state index is 12.7. The number of carbonyl (C=O) groups excluding carboxylic acids is 2. The van der Waals surface area contributed by atoms with E-state index >= 15 is 0 Å². The maximum Gasteiger partial charge on any atom is 0.407 e. The van der Waals surface area contributed by atoms with E-state index in [0.29, 0.717) is 24.7 Å². The zero-order chi connectivity index (χ0) is 22.3. The Labute approximate surface area is 179 Å². The molecule has 10 nitrogen and oxygen atoms in total. The Morgan fingerprint density at radius 1 is 1.00 bits per heavy atom. The van der Waals surface area contributed by atoms with Crippen LogP contribution in [0.3, 0.4) is 0 Å². The summed E-state index contributed by atoms with van der Waals surface area (Å²) in [5.74, 6) is 0.436. The number of alkyl carbamates (subject to hydrolysis) is 1. The van der Waals surface area contributed by atoms with Crippen molar-refractivity contribution >= 4 is 27.7 Å². The van der Waals surface area contributed by atoms with Gasteiger partial charge in [-0.25, -0.2) is 13.2 Å². The Balaban J connectivity index is 1.62. The minimum absolute atomic E-state index is 0.0108. The van der Waals surface area contributed by atoms with Crippen LogP contribution in [0.2, 0.25) is 0 Å². The van der Waals surface area contributed by atoms with Crippen molar-refractivity contribution in [2.24, 2.45) is 0 Å². The first-order chi connectivity index (χ1) is 14.9. The van der Waals surface area contributed by atoms with Crippen molar-refractivity contribution in [2.75, 3.05) is 37.6 Å². The predicted octanol–water partition coefficient (Wildman–Crippen LogP) is 1.73. The Morgan fingerprint density at radius 3 is 2.52 bits per heavy atom. The molecule has 0 aliphatic carbocycles. The third kappa shape index (κ3) is 6.01. The average molecular weight is 449 g/mol. The summed E-state index contributed by atoms with van der Waals surface area (Å²) in [5.41, 5.74) is 0.491. The van der Waals surface area contributed by atoms with E-state index in [4.69, 9.17) is 14.2 Å². The van der Waals surface area contributed by atoms with Gasteiger partial charge in [0.2, 0.25) is 0 Å². The molecule has 2 aromatic rings. The van der Waals surface area contributed by atoms with Gasteiger partial charge in [0.05, 0.1) is 11.5 Å². The van der Waals surface area contributed by atoms with Gasteiger partial charge in [-0.15, -0.1) is 0 Å². The summed E-state index contributed by atoms with van der Waals surface area (Å²) in [6.45, 7) is 3.08. The molecule has 1 aliphatic rings. The van der Waals surface area contributed by atoms with Crippen molar-refractivity contribution in [3.63, 3.8) is 0 Å². The van der Waals surface area contributed by atoms with Gasteiger partial charge in [-0.2, -0.15) is 0 Å². The number of hydrogen-bond donors (Lipinski definition) is 3. The normalized spacial score (nSPS) is 12.5. The molecular formula is C20H23N3O7S. The van der Waals surface area contributed by atoms with E-state index in [1.165, 1.54) is 30.3 Å². The number of rotatable bonds is 8. The molecule has 0 saturated carbocycles. The van der Waals surface area contributed by atoms with E-state index in [1.54, 1.807) is 19.1 Å². The van der Waals surface area contributed by atoms with Gasteiger partial charge in [0, 0.05) is 30.4 Å². The number of amides is 2. The van der Waals surface area contributed by atoms with E-state index < -0.39 is 22.0 Å². The molecule has 166 valence electrons. The monoisotopic (exact) mass is 449 g/mol. The fourth-order valence-corrected chi connectivity index (χ4v) is 3.82. The molecule has 2 aromatic carbocycles. The van der Waals surface area contributed by atoms with Crippen LogP contribution in [0.4, 0.5) is 10.5 Å². The number of benzene rings is 2. The second-order valence-corrected chi connectivity index (χ2v) is 8.08. The van der Waals surface area contributed by atoms with Gasteiger partial charge in [0.25, 0.3) is 15.9 Å². The van der Waals surface area contributed by atoms with E-state index in [-0.39, 0.29) is 35.8 Å². The molecule has 11 heteroatoms. The summed E-state index contributed by atoms with van der Waals surface area (Å²) in [5, 5.41) is 5.12. The molecule has 2 amide bonds. The number of ether oxygens (including phenoxy) is 3. The van der Waals surface area contributed by atoms with Gasteiger partial charge in [0.15, 0.2) is 11.5 Å². The fourth-order valence-electron chi connectivity index (χ4n) is 2.75. The molecule has 0 saturated heterocycles. The molecule has 0 unspecified atom stereocenters. The number of hydrogen-bond acceptors (Lipinski definition) is 7. The van der Waals surface area contributed by atoms with Crippen molar-refractivity contribution in [2.45, 2.75) is 11.8 Å². The summed E-state index contributed by atoms with van der Waals surface area (Å²) in [6.07, 6.45) is -0.563. The van der Waals surface area contributed by atoms with Gasteiger partial charge in [-0.1, -0.05) is 6.07 Å². The Morgan fingerprint density at radius 2 is 1.74 bits per heavy atom. The van der Waals surface area contributed by atoms with Crippen molar-refractivity contribution in [3.05, 3.63) is 48.0 Å². The number of sulfonamides is 1. The van der Waals surface area contributed by atoms with Crippen LogP contribution in [0.15, 0.2) is 47.4 Å². The lowest BCUT2D eigenvalue weighted by molar-refractivity contribution is 0.0952. The molecule has 0 fully saturated rings.